The molecule has 1 fully saturated rings. The molecule has 0 unspecified atom stereocenters. The molecule has 1 aromatic heterocycles. The van der Waals surface area contributed by atoms with Gasteiger partial charge in [-0.2, -0.15) is 5.26 Å². The van der Waals surface area contributed by atoms with Gasteiger partial charge in [0.25, 0.3) is 0 Å². The van der Waals surface area contributed by atoms with Crippen molar-refractivity contribution in [1.29, 1.82) is 5.26 Å². The third-order valence-electron chi connectivity index (χ3n) is 6.22. The molecule has 1 aromatic carbocycles. The molecule has 0 aliphatic heterocycles. The van der Waals surface area contributed by atoms with Gasteiger partial charge in [0.2, 0.25) is 0 Å². The third kappa shape index (κ3) is 7.24. The van der Waals surface area contributed by atoms with Crippen LogP contribution in [0.25, 0.3) is 11.4 Å². The van der Waals surface area contributed by atoms with E-state index in [4.69, 9.17) is 9.47 Å². The first-order valence-electron chi connectivity index (χ1n) is 12.4. The van der Waals surface area contributed by atoms with Gasteiger partial charge in [0.05, 0.1) is 12.2 Å². The van der Waals surface area contributed by atoms with E-state index in [2.05, 4.69) is 23.0 Å². The lowest BCUT2D eigenvalue weighted by molar-refractivity contribution is -0.157. The van der Waals surface area contributed by atoms with Gasteiger partial charge < -0.3 is 9.47 Å². The number of aromatic nitrogens is 2. The zero-order valence-electron chi connectivity index (χ0n) is 20.1. The predicted octanol–water partition coefficient (Wildman–Crippen LogP) is 5.98. The fourth-order valence-corrected chi connectivity index (χ4v) is 4.17. The van der Waals surface area contributed by atoms with Crippen LogP contribution in [0.5, 0.6) is 5.75 Å². The van der Waals surface area contributed by atoms with E-state index in [9.17, 15) is 14.4 Å². The SMILES string of the molecule is CCCC[C@H](F)C(=O)OC1CCC(COc2ccc(-c3ncc(CCC)cn3)cc2C#N)CC1. The van der Waals surface area contributed by atoms with Crippen LogP contribution in [-0.2, 0) is 16.0 Å². The fraction of sp³-hybridized carbons (Fsp3) is 0.556. The number of aryl methyl sites for hydroxylation is 1. The van der Waals surface area contributed by atoms with Crippen LogP contribution in [0.15, 0.2) is 30.6 Å². The third-order valence-corrected chi connectivity index (χ3v) is 6.22. The molecule has 2 aromatic rings. The molecule has 0 spiro atoms. The van der Waals surface area contributed by atoms with E-state index in [1.165, 1.54) is 0 Å². The Morgan fingerprint density at radius 2 is 1.91 bits per heavy atom. The summed E-state index contributed by atoms with van der Waals surface area (Å²) in [6, 6.07) is 7.62. The van der Waals surface area contributed by atoms with Crippen molar-refractivity contribution in [1.82, 2.24) is 9.97 Å². The molecule has 0 bridgehead atoms. The minimum Gasteiger partial charge on any atom is -0.492 e. The van der Waals surface area contributed by atoms with Crippen LogP contribution in [-0.4, -0.2) is 34.8 Å². The minimum absolute atomic E-state index is 0.221. The summed E-state index contributed by atoms with van der Waals surface area (Å²) < 4.78 is 25.2. The van der Waals surface area contributed by atoms with E-state index >= 15 is 0 Å². The number of hydrogen-bond acceptors (Lipinski definition) is 6. The van der Waals surface area contributed by atoms with Gasteiger partial charge in [-0.05, 0) is 68.2 Å². The first-order valence-corrected chi connectivity index (χ1v) is 12.4. The number of rotatable bonds is 11. The van der Waals surface area contributed by atoms with E-state index in [0.717, 1.165) is 43.2 Å². The Morgan fingerprint density at radius 3 is 2.56 bits per heavy atom. The van der Waals surface area contributed by atoms with Gasteiger partial charge >= 0.3 is 5.97 Å². The first kappa shape index (κ1) is 25.6. The van der Waals surface area contributed by atoms with Gasteiger partial charge in [-0.3, -0.25) is 0 Å². The highest BCUT2D eigenvalue weighted by Crippen LogP contribution is 2.29. The number of nitriles is 1. The number of carbonyl (C=O) groups excluding carboxylic acids is 1. The van der Waals surface area contributed by atoms with Crippen molar-refractivity contribution < 1.29 is 18.7 Å². The minimum atomic E-state index is -1.52. The summed E-state index contributed by atoms with van der Waals surface area (Å²) in [5.41, 5.74) is 2.32. The average molecular weight is 468 g/mol. The molecular formula is C27H34FN3O3. The zero-order chi connectivity index (χ0) is 24.3. The Kier molecular flexibility index (Phi) is 9.81. The Balaban J connectivity index is 1.49. The van der Waals surface area contributed by atoms with Gasteiger partial charge in [-0.1, -0.05) is 33.1 Å². The number of alkyl halides is 1. The second-order valence-corrected chi connectivity index (χ2v) is 8.99. The Morgan fingerprint density at radius 1 is 1.18 bits per heavy atom. The molecule has 6 nitrogen and oxygen atoms in total. The van der Waals surface area contributed by atoms with E-state index in [-0.39, 0.29) is 12.5 Å². The Hall–Kier alpha value is -3.01. The van der Waals surface area contributed by atoms with Crippen LogP contribution in [0.1, 0.15) is 76.3 Å². The highest BCUT2D eigenvalue weighted by Gasteiger charge is 2.27. The van der Waals surface area contributed by atoms with Gasteiger partial charge in [-0.15, -0.1) is 0 Å². The highest BCUT2D eigenvalue weighted by molar-refractivity contribution is 5.74. The summed E-state index contributed by atoms with van der Waals surface area (Å²) in [5, 5.41) is 9.61. The van der Waals surface area contributed by atoms with Crippen LogP contribution in [0.3, 0.4) is 0 Å². The lowest BCUT2D eigenvalue weighted by Gasteiger charge is -2.28. The number of carbonyl (C=O) groups is 1. The molecule has 7 heteroatoms. The lowest BCUT2D eigenvalue weighted by atomic mass is 9.88. The maximum Gasteiger partial charge on any atom is 0.340 e. The second kappa shape index (κ2) is 13.0. The average Bonchev–Trinajstić information content (AvgIpc) is 2.87. The van der Waals surface area contributed by atoms with Crippen molar-refractivity contribution in [3.8, 4) is 23.2 Å². The number of benzene rings is 1. The standard InChI is InChI=1S/C27H34FN3O3/c1-3-5-7-24(28)27(32)34-23-11-8-19(9-12-23)18-33-25-13-10-21(14-22(25)15-29)26-30-16-20(6-4-2)17-31-26/h10,13-14,16-17,19,23-24H,3-9,11-12,18H2,1-2H3/t19?,23?,24-/m0/s1. The lowest BCUT2D eigenvalue weighted by Crippen LogP contribution is -2.30. The largest absolute Gasteiger partial charge is 0.492 e. The quantitative estimate of drug-likeness (QED) is 0.378. The van der Waals surface area contributed by atoms with Crippen molar-refractivity contribution in [3.05, 3.63) is 41.7 Å². The first-order chi connectivity index (χ1) is 16.5. The van der Waals surface area contributed by atoms with E-state index in [1.807, 2.05) is 25.4 Å². The molecule has 34 heavy (non-hydrogen) atoms. The second-order valence-electron chi connectivity index (χ2n) is 8.99. The van der Waals surface area contributed by atoms with E-state index < -0.39 is 12.1 Å². The summed E-state index contributed by atoms with van der Waals surface area (Å²) in [6.07, 6.45) is 8.74. The molecule has 1 aliphatic rings. The van der Waals surface area contributed by atoms with Crippen LogP contribution in [0, 0.1) is 17.2 Å². The van der Waals surface area contributed by atoms with Crippen molar-refractivity contribution in [2.75, 3.05) is 6.61 Å². The number of halogens is 1. The molecule has 0 radical (unpaired) electrons. The molecule has 182 valence electrons. The molecule has 1 saturated carbocycles. The molecule has 1 aliphatic carbocycles. The van der Waals surface area contributed by atoms with Crippen LogP contribution in [0.2, 0.25) is 0 Å². The number of hydrogen-bond donors (Lipinski definition) is 0. The van der Waals surface area contributed by atoms with Crippen LogP contribution >= 0.6 is 0 Å². The Labute approximate surface area is 201 Å². The van der Waals surface area contributed by atoms with E-state index in [1.54, 1.807) is 12.1 Å². The molecule has 0 N–H and O–H groups in total. The van der Waals surface area contributed by atoms with E-state index in [0.29, 0.717) is 48.9 Å². The summed E-state index contributed by atoms with van der Waals surface area (Å²) >= 11 is 0. The van der Waals surface area contributed by atoms with Crippen molar-refractivity contribution in [3.63, 3.8) is 0 Å². The molecule has 1 heterocycles. The van der Waals surface area contributed by atoms with Crippen LogP contribution in [0.4, 0.5) is 4.39 Å². The number of ether oxygens (including phenoxy) is 2. The predicted molar refractivity (Wildman–Crippen MR) is 128 cm³/mol. The molecule has 3 rings (SSSR count). The van der Waals surface area contributed by atoms with Crippen LogP contribution < -0.4 is 4.74 Å². The smallest absolute Gasteiger partial charge is 0.340 e. The topological polar surface area (TPSA) is 85.1 Å². The number of unbranched alkanes of at least 4 members (excludes halogenated alkanes) is 1. The Bertz CT molecular complexity index is 966. The monoisotopic (exact) mass is 467 g/mol. The van der Waals surface area contributed by atoms with Gasteiger partial charge in [0.1, 0.15) is 17.9 Å². The summed E-state index contributed by atoms with van der Waals surface area (Å²) in [4.78, 5) is 20.7. The fourth-order valence-electron chi connectivity index (χ4n) is 4.17. The molecule has 1 atom stereocenters. The molecule has 0 saturated heterocycles. The highest BCUT2D eigenvalue weighted by atomic mass is 19.1. The maximum atomic E-state index is 13.9. The van der Waals surface area contributed by atoms with Gasteiger partial charge in [-0.25, -0.2) is 19.2 Å². The molecule has 0 amide bonds. The summed E-state index contributed by atoms with van der Waals surface area (Å²) in [5.74, 6) is 0.701. The number of nitrogens with zero attached hydrogens (tertiary/aromatic N) is 3. The summed E-state index contributed by atoms with van der Waals surface area (Å²) in [6.45, 7) is 4.57. The number of esters is 1. The molecular weight excluding hydrogens is 433 g/mol. The van der Waals surface area contributed by atoms with Gasteiger partial charge in [0, 0.05) is 18.0 Å². The summed E-state index contributed by atoms with van der Waals surface area (Å²) in [7, 11) is 0. The normalized spacial score (nSPS) is 18.6. The van der Waals surface area contributed by atoms with Gasteiger partial charge in [0.15, 0.2) is 12.0 Å². The maximum absolute atomic E-state index is 13.9. The van der Waals surface area contributed by atoms with Crippen molar-refractivity contribution >= 4 is 5.97 Å². The zero-order valence-corrected chi connectivity index (χ0v) is 20.1. The van der Waals surface area contributed by atoms with Crippen molar-refractivity contribution in [2.24, 2.45) is 5.92 Å². The van der Waals surface area contributed by atoms with Crippen molar-refractivity contribution in [2.45, 2.75) is 83.9 Å².